The number of hydrogen-bond acceptors (Lipinski definition) is 2. The number of halogens is 2. The molecule has 3 aromatic rings. The van der Waals surface area contributed by atoms with E-state index in [0.29, 0.717) is 5.02 Å². The van der Waals surface area contributed by atoms with E-state index < -0.39 is 21.4 Å². The highest BCUT2D eigenvalue weighted by atomic mass is 35.5. The van der Waals surface area contributed by atoms with E-state index in [1.807, 2.05) is 60.7 Å². The molecule has 26 heavy (non-hydrogen) atoms. The summed E-state index contributed by atoms with van der Waals surface area (Å²) < 4.78 is 28.4. The van der Waals surface area contributed by atoms with Gasteiger partial charge in [0.05, 0.1) is 16.3 Å². The van der Waals surface area contributed by atoms with Crippen LogP contribution in [-0.2, 0) is 10.0 Å². The predicted octanol–water partition coefficient (Wildman–Crippen LogP) is 5.34. The molecule has 1 N–H and O–H groups in total. The zero-order valence-corrected chi connectivity index (χ0v) is 16.0. The summed E-state index contributed by atoms with van der Waals surface area (Å²) in [5, 5.41) is -0.0938. The van der Waals surface area contributed by atoms with E-state index in [0.717, 1.165) is 11.1 Å². The highest BCUT2D eigenvalue weighted by molar-refractivity contribution is 7.89. The first-order chi connectivity index (χ1) is 12.5. The number of sulfonamides is 1. The third-order valence-corrected chi connectivity index (χ3v) is 6.19. The molecule has 0 fully saturated rings. The predicted molar refractivity (Wildman–Crippen MR) is 106 cm³/mol. The highest BCUT2D eigenvalue weighted by Crippen LogP contribution is 2.35. The molecule has 0 spiro atoms. The Kier molecular flexibility index (Phi) is 5.99. The summed E-state index contributed by atoms with van der Waals surface area (Å²) in [4.78, 5) is 0.139. The van der Waals surface area contributed by atoms with E-state index in [1.165, 1.54) is 12.1 Å². The van der Waals surface area contributed by atoms with Crippen LogP contribution in [0.25, 0.3) is 0 Å². The molecule has 3 aromatic carbocycles. The molecule has 0 aliphatic heterocycles. The van der Waals surface area contributed by atoms with Crippen molar-refractivity contribution < 1.29 is 8.42 Å². The quantitative estimate of drug-likeness (QED) is 0.562. The number of hydrogen-bond donors (Lipinski definition) is 1. The lowest BCUT2D eigenvalue weighted by molar-refractivity contribution is 0.549. The number of benzene rings is 3. The summed E-state index contributed by atoms with van der Waals surface area (Å²) in [6, 6.07) is 24.1. The van der Waals surface area contributed by atoms with Gasteiger partial charge in [0.15, 0.2) is 0 Å². The molecule has 0 amide bonds. The molecule has 3 nitrogen and oxygen atoms in total. The van der Waals surface area contributed by atoms with Crippen LogP contribution in [0.2, 0.25) is 5.02 Å². The Balaban J connectivity index is 1.97. The van der Waals surface area contributed by atoms with Crippen LogP contribution in [0.4, 0.5) is 0 Å². The minimum absolute atomic E-state index is 0.139. The van der Waals surface area contributed by atoms with Crippen LogP contribution in [0.15, 0.2) is 89.8 Å². The second-order valence-electron chi connectivity index (χ2n) is 5.78. The molecule has 6 heteroatoms. The highest BCUT2D eigenvalue weighted by Gasteiger charge is 2.28. The smallest absolute Gasteiger partial charge is 0.207 e. The Labute approximate surface area is 163 Å². The molecule has 0 aliphatic rings. The first-order valence-corrected chi connectivity index (χ1v) is 10.3. The van der Waals surface area contributed by atoms with Crippen LogP contribution in [0.1, 0.15) is 22.5 Å². The zero-order valence-electron chi connectivity index (χ0n) is 13.7. The normalized spacial score (nSPS) is 13.9. The fraction of sp³-hybridized carbons (Fsp3) is 0.100. The third-order valence-electron chi connectivity index (χ3n) is 3.98. The van der Waals surface area contributed by atoms with Crippen molar-refractivity contribution in [3.8, 4) is 0 Å². The van der Waals surface area contributed by atoms with Crippen LogP contribution in [-0.4, -0.2) is 8.42 Å². The largest absolute Gasteiger partial charge is 0.241 e. The lowest BCUT2D eigenvalue weighted by atomic mass is 9.99. The minimum Gasteiger partial charge on any atom is -0.207 e. The number of rotatable bonds is 6. The maximum Gasteiger partial charge on any atom is 0.241 e. The van der Waals surface area contributed by atoms with Crippen molar-refractivity contribution in [2.45, 2.75) is 16.3 Å². The molecule has 2 unspecified atom stereocenters. The molecule has 0 saturated carbocycles. The molecule has 0 heterocycles. The molecule has 0 bridgehead atoms. The summed E-state index contributed by atoms with van der Waals surface area (Å²) in [7, 11) is -3.77. The molecular formula is C20H17Cl2NO2S. The average Bonchev–Trinajstić information content (AvgIpc) is 2.67. The molecule has 3 rings (SSSR count). The Morgan fingerprint density at radius 1 is 0.731 bits per heavy atom. The zero-order chi connectivity index (χ0) is 18.6. The Hall–Kier alpha value is -1.85. The van der Waals surface area contributed by atoms with Gasteiger partial charge in [0.2, 0.25) is 10.0 Å². The van der Waals surface area contributed by atoms with Gasteiger partial charge in [-0.3, -0.25) is 0 Å². The number of nitrogens with one attached hydrogen (secondary N) is 1. The summed E-state index contributed by atoms with van der Waals surface area (Å²) in [5.41, 5.74) is 1.62. The topological polar surface area (TPSA) is 46.2 Å². The maximum atomic E-state index is 12.9. The van der Waals surface area contributed by atoms with Gasteiger partial charge in [-0.1, -0.05) is 72.3 Å². The van der Waals surface area contributed by atoms with Gasteiger partial charge in [-0.05, 0) is 35.4 Å². The molecule has 0 radical (unpaired) electrons. The van der Waals surface area contributed by atoms with Gasteiger partial charge in [-0.25, -0.2) is 13.1 Å². The average molecular weight is 406 g/mol. The fourth-order valence-corrected chi connectivity index (χ4v) is 4.43. The molecule has 0 saturated heterocycles. The van der Waals surface area contributed by atoms with Crippen LogP contribution < -0.4 is 4.72 Å². The van der Waals surface area contributed by atoms with E-state index >= 15 is 0 Å². The Morgan fingerprint density at radius 3 is 1.77 bits per heavy atom. The molecule has 2 atom stereocenters. The lowest BCUT2D eigenvalue weighted by Crippen LogP contribution is -2.31. The van der Waals surface area contributed by atoms with Gasteiger partial charge in [-0.15, -0.1) is 11.6 Å². The van der Waals surface area contributed by atoms with Crippen LogP contribution in [0.3, 0.4) is 0 Å². The third kappa shape index (κ3) is 4.46. The minimum atomic E-state index is -3.77. The standard InChI is InChI=1S/C20H17Cl2NO2S/c21-17-11-13-18(14-12-17)26(24,25)23-20(16-9-5-2-6-10-16)19(22)15-7-3-1-4-8-15/h1-14,19-20,23H. The second-order valence-corrected chi connectivity index (χ2v) is 8.40. The second kappa shape index (κ2) is 8.23. The van der Waals surface area contributed by atoms with Crippen molar-refractivity contribution in [2.75, 3.05) is 0 Å². The maximum absolute atomic E-state index is 12.9. The Morgan fingerprint density at radius 2 is 1.23 bits per heavy atom. The van der Waals surface area contributed by atoms with Gasteiger partial charge in [0.25, 0.3) is 0 Å². The van der Waals surface area contributed by atoms with Gasteiger partial charge in [-0.2, -0.15) is 0 Å². The Bertz CT molecular complexity index is 946. The number of alkyl halides is 1. The van der Waals surface area contributed by atoms with E-state index in [4.69, 9.17) is 23.2 Å². The van der Waals surface area contributed by atoms with Crippen molar-refractivity contribution in [1.29, 1.82) is 0 Å². The van der Waals surface area contributed by atoms with E-state index in [9.17, 15) is 8.42 Å². The van der Waals surface area contributed by atoms with E-state index in [1.54, 1.807) is 12.1 Å². The fourth-order valence-electron chi connectivity index (χ4n) is 2.64. The molecule has 0 aliphatic carbocycles. The van der Waals surface area contributed by atoms with Crippen molar-refractivity contribution in [3.05, 3.63) is 101 Å². The summed E-state index contributed by atoms with van der Waals surface area (Å²) in [6.07, 6.45) is 0. The summed E-state index contributed by atoms with van der Waals surface area (Å²) in [6.45, 7) is 0. The van der Waals surface area contributed by atoms with Gasteiger partial charge < -0.3 is 0 Å². The lowest BCUT2D eigenvalue weighted by Gasteiger charge is -2.24. The first-order valence-electron chi connectivity index (χ1n) is 7.99. The van der Waals surface area contributed by atoms with Crippen molar-refractivity contribution in [3.63, 3.8) is 0 Å². The monoisotopic (exact) mass is 405 g/mol. The van der Waals surface area contributed by atoms with Crippen LogP contribution in [0.5, 0.6) is 0 Å². The van der Waals surface area contributed by atoms with Gasteiger partial charge >= 0.3 is 0 Å². The SMILES string of the molecule is O=S(=O)(NC(c1ccccc1)C(Cl)c1ccccc1)c1ccc(Cl)cc1. The molecule has 134 valence electrons. The van der Waals surface area contributed by atoms with Gasteiger partial charge in [0.1, 0.15) is 0 Å². The van der Waals surface area contributed by atoms with Gasteiger partial charge in [0, 0.05) is 5.02 Å². The van der Waals surface area contributed by atoms with E-state index in [-0.39, 0.29) is 4.90 Å². The van der Waals surface area contributed by atoms with Crippen molar-refractivity contribution in [2.24, 2.45) is 0 Å². The van der Waals surface area contributed by atoms with E-state index in [2.05, 4.69) is 4.72 Å². The summed E-state index contributed by atoms with van der Waals surface area (Å²) in [5.74, 6) is 0. The van der Waals surface area contributed by atoms with Crippen LogP contribution in [0, 0.1) is 0 Å². The summed E-state index contributed by atoms with van der Waals surface area (Å²) >= 11 is 12.5. The van der Waals surface area contributed by atoms with Crippen molar-refractivity contribution >= 4 is 33.2 Å². The molecular weight excluding hydrogens is 389 g/mol. The first kappa shape index (κ1) is 18.9. The van der Waals surface area contributed by atoms with Crippen molar-refractivity contribution in [1.82, 2.24) is 4.72 Å². The van der Waals surface area contributed by atoms with Crippen LogP contribution >= 0.6 is 23.2 Å². The molecule has 0 aromatic heterocycles.